The minimum atomic E-state index is -3.20. The zero-order valence-corrected chi connectivity index (χ0v) is 17.1. The third-order valence-electron chi connectivity index (χ3n) is 5.88. The van der Waals surface area contributed by atoms with Gasteiger partial charge >= 0.3 is 0 Å². The topological polar surface area (TPSA) is 110 Å². The van der Waals surface area contributed by atoms with Gasteiger partial charge in [0, 0.05) is 18.7 Å². The number of benzene rings is 1. The molecule has 0 radical (unpaired) electrons. The summed E-state index contributed by atoms with van der Waals surface area (Å²) in [4.78, 5) is 12.8. The molecule has 2 aromatic rings. The fraction of sp³-hybridized carbons (Fsp3) is 0.579. The molecule has 0 bridgehead atoms. The van der Waals surface area contributed by atoms with E-state index in [2.05, 4.69) is 20.8 Å². The number of rotatable bonds is 6. The summed E-state index contributed by atoms with van der Waals surface area (Å²) < 4.78 is 27.2. The Morgan fingerprint density at radius 1 is 1.10 bits per heavy atom. The second-order valence-corrected chi connectivity index (χ2v) is 10.1. The molecule has 1 saturated heterocycles. The van der Waals surface area contributed by atoms with Crippen molar-refractivity contribution in [3.8, 4) is 0 Å². The van der Waals surface area contributed by atoms with Crippen LogP contribution in [0.3, 0.4) is 0 Å². The van der Waals surface area contributed by atoms with E-state index in [1.54, 1.807) is 35.3 Å². The van der Waals surface area contributed by atoms with E-state index in [0.717, 1.165) is 25.7 Å². The molecule has 0 spiro atoms. The summed E-state index contributed by atoms with van der Waals surface area (Å²) >= 11 is 0. The first kappa shape index (κ1) is 19.8. The van der Waals surface area contributed by atoms with Gasteiger partial charge < -0.3 is 5.32 Å². The maximum Gasteiger partial charge on any atom is 0.235 e. The SMILES string of the molecule is O=C(CC1(Cn2cnnn2)CCCCC1)Nc1ccc(N2CCCS2(=O)=O)cc1. The van der Waals surface area contributed by atoms with Gasteiger partial charge in [-0.3, -0.25) is 9.10 Å². The van der Waals surface area contributed by atoms with Crippen LogP contribution in [0.5, 0.6) is 0 Å². The van der Waals surface area contributed by atoms with E-state index in [1.807, 2.05) is 0 Å². The van der Waals surface area contributed by atoms with Gasteiger partial charge in [-0.15, -0.1) is 5.10 Å². The number of nitrogens with one attached hydrogen (secondary N) is 1. The molecule has 1 aliphatic carbocycles. The molecule has 2 heterocycles. The van der Waals surface area contributed by atoms with Crippen LogP contribution in [0.25, 0.3) is 0 Å². The molecule has 10 heteroatoms. The van der Waals surface area contributed by atoms with Gasteiger partial charge in [-0.2, -0.15) is 0 Å². The number of sulfonamides is 1. The quantitative estimate of drug-likeness (QED) is 0.770. The molecular formula is C19H26N6O3S. The third-order valence-corrected chi connectivity index (χ3v) is 7.75. The van der Waals surface area contributed by atoms with E-state index in [0.29, 0.717) is 37.3 Å². The van der Waals surface area contributed by atoms with Crippen LogP contribution in [-0.4, -0.2) is 46.8 Å². The molecule has 1 amide bonds. The van der Waals surface area contributed by atoms with Crippen LogP contribution in [0.4, 0.5) is 11.4 Å². The number of hydrogen-bond donors (Lipinski definition) is 1. The second-order valence-electron chi connectivity index (χ2n) is 8.08. The van der Waals surface area contributed by atoms with E-state index in [1.165, 1.54) is 10.7 Å². The lowest BCUT2D eigenvalue weighted by Gasteiger charge is -2.36. The molecule has 1 saturated carbocycles. The Bertz CT molecular complexity index is 937. The van der Waals surface area contributed by atoms with E-state index in [9.17, 15) is 13.2 Å². The largest absolute Gasteiger partial charge is 0.326 e. The average Bonchev–Trinajstić information content (AvgIpc) is 3.31. The van der Waals surface area contributed by atoms with Gasteiger partial charge in [-0.05, 0) is 59.4 Å². The summed E-state index contributed by atoms with van der Waals surface area (Å²) in [6, 6.07) is 7.01. The lowest BCUT2D eigenvalue weighted by molar-refractivity contribution is -0.119. The van der Waals surface area contributed by atoms with Crippen LogP contribution in [0, 0.1) is 5.41 Å². The van der Waals surface area contributed by atoms with Crippen molar-refractivity contribution in [2.24, 2.45) is 5.41 Å². The normalized spacial score (nSPS) is 20.5. The fourth-order valence-electron chi connectivity index (χ4n) is 4.48. The third kappa shape index (κ3) is 4.58. The van der Waals surface area contributed by atoms with Crippen molar-refractivity contribution < 1.29 is 13.2 Å². The molecular weight excluding hydrogens is 392 g/mol. The summed E-state index contributed by atoms with van der Waals surface area (Å²) in [5, 5.41) is 14.3. The van der Waals surface area contributed by atoms with E-state index < -0.39 is 10.0 Å². The Kier molecular flexibility index (Phi) is 5.53. The van der Waals surface area contributed by atoms with Gasteiger partial charge in [0.25, 0.3) is 0 Å². The molecule has 2 fully saturated rings. The molecule has 1 N–H and O–H groups in total. The standard InChI is InChI=1S/C19H26N6O3S/c26-18(13-19(9-2-1-3-10-19)14-24-15-20-22-23-24)21-16-5-7-17(8-6-16)25-11-4-12-29(25,27)28/h5-8,15H,1-4,9-14H2,(H,21,26). The summed E-state index contributed by atoms with van der Waals surface area (Å²) in [5.74, 6) is 0.149. The van der Waals surface area contributed by atoms with Crippen LogP contribution < -0.4 is 9.62 Å². The molecule has 2 aliphatic rings. The Morgan fingerprint density at radius 2 is 1.86 bits per heavy atom. The fourth-order valence-corrected chi connectivity index (χ4v) is 6.04. The number of anilines is 2. The average molecular weight is 419 g/mol. The van der Waals surface area contributed by atoms with Crippen molar-refractivity contribution in [1.29, 1.82) is 0 Å². The van der Waals surface area contributed by atoms with Gasteiger partial charge in [0.1, 0.15) is 6.33 Å². The molecule has 4 rings (SSSR count). The molecule has 1 aliphatic heterocycles. The summed E-state index contributed by atoms with van der Waals surface area (Å²) in [5.41, 5.74) is 1.17. The van der Waals surface area contributed by atoms with E-state index >= 15 is 0 Å². The number of carbonyl (C=O) groups is 1. The highest BCUT2D eigenvalue weighted by Gasteiger charge is 2.35. The zero-order valence-electron chi connectivity index (χ0n) is 16.3. The first-order valence-corrected chi connectivity index (χ1v) is 11.7. The van der Waals surface area contributed by atoms with Gasteiger partial charge in [-0.25, -0.2) is 13.1 Å². The molecule has 29 heavy (non-hydrogen) atoms. The van der Waals surface area contributed by atoms with Crippen molar-refractivity contribution in [3.05, 3.63) is 30.6 Å². The molecule has 0 atom stereocenters. The van der Waals surface area contributed by atoms with Gasteiger partial charge in [0.15, 0.2) is 0 Å². The molecule has 0 unspecified atom stereocenters. The summed E-state index contributed by atoms with van der Waals surface area (Å²) in [7, 11) is -3.20. The van der Waals surface area contributed by atoms with Crippen molar-refractivity contribution >= 4 is 27.3 Å². The Balaban J connectivity index is 1.41. The van der Waals surface area contributed by atoms with Crippen molar-refractivity contribution in [3.63, 3.8) is 0 Å². The van der Waals surface area contributed by atoms with Crippen LogP contribution in [-0.2, 0) is 21.4 Å². The second kappa shape index (κ2) is 8.10. The minimum Gasteiger partial charge on any atom is -0.326 e. The predicted octanol–water partition coefficient (Wildman–Crippen LogP) is 2.19. The zero-order chi connectivity index (χ0) is 20.3. The lowest BCUT2D eigenvalue weighted by Crippen LogP contribution is -2.34. The monoisotopic (exact) mass is 418 g/mol. The number of carbonyl (C=O) groups excluding carboxylic acids is 1. The smallest absolute Gasteiger partial charge is 0.235 e. The van der Waals surface area contributed by atoms with Gasteiger partial charge in [0.2, 0.25) is 15.9 Å². The van der Waals surface area contributed by atoms with Crippen molar-refractivity contribution in [2.45, 2.75) is 51.5 Å². The van der Waals surface area contributed by atoms with Crippen molar-refractivity contribution in [2.75, 3.05) is 21.9 Å². The highest BCUT2D eigenvalue weighted by atomic mass is 32.2. The van der Waals surface area contributed by atoms with Crippen LogP contribution >= 0.6 is 0 Å². The lowest BCUT2D eigenvalue weighted by atomic mass is 9.71. The number of hydrogen-bond acceptors (Lipinski definition) is 6. The summed E-state index contributed by atoms with van der Waals surface area (Å²) in [6.45, 7) is 1.15. The Hall–Kier alpha value is -2.49. The minimum absolute atomic E-state index is 0.0403. The summed E-state index contributed by atoms with van der Waals surface area (Å²) in [6.07, 6.45) is 8.01. The predicted molar refractivity (Wildman–Crippen MR) is 109 cm³/mol. The van der Waals surface area contributed by atoms with E-state index in [4.69, 9.17) is 0 Å². The van der Waals surface area contributed by atoms with Crippen molar-refractivity contribution in [1.82, 2.24) is 20.2 Å². The Morgan fingerprint density at radius 3 is 2.48 bits per heavy atom. The number of aromatic nitrogens is 4. The highest BCUT2D eigenvalue weighted by molar-refractivity contribution is 7.93. The Labute approximate surface area is 170 Å². The molecule has 1 aromatic heterocycles. The molecule has 1 aromatic carbocycles. The van der Waals surface area contributed by atoms with Crippen LogP contribution in [0.2, 0.25) is 0 Å². The molecule has 9 nitrogen and oxygen atoms in total. The van der Waals surface area contributed by atoms with Gasteiger partial charge in [0.05, 0.1) is 18.0 Å². The molecule has 156 valence electrons. The maximum absolute atomic E-state index is 12.8. The van der Waals surface area contributed by atoms with E-state index in [-0.39, 0.29) is 17.1 Å². The number of amides is 1. The highest BCUT2D eigenvalue weighted by Crippen LogP contribution is 2.41. The van der Waals surface area contributed by atoms with Crippen LogP contribution in [0.1, 0.15) is 44.9 Å². The number of tetrazole rings is 1. The first-order valence-electron chi connectivity index (χ1n) is 10.1. The van der Waals surface area contributed by atoms with Crippen LogP contribution in [0.15, 0.2) is 30.6 Å². The number of nitrogens with zero attached hydrogens (tertiary/aromatic N) is 5. The van der Waals surface area contributed by atoms with Gasteiger partial charge in [-0.1, -0.05) is 19.3 Å². The first-order chi connectivity index (χ1) is 14.0. The maximum atomic E-state index is 12.8.